The van der Waals surface area contributed by atoms with Crippen LogP contribution >= 0.6 is 11.8 Å². The van der Waals surface area contributed by atoms with Gasteiger partial charge in [0.05, 0.1) is 0 Å². The summed E-state index contributed by atoms with van der Waals surface area (Å²) < 4.78 is 12.9. The van der Waals surface area contributed by atoms with Crippen LogP contribution in [0.5, 0.6) is 5.75 Å². The summed E-state index contributed by atoms with van der Waals surface area (Å²) in [7, 11) is 0. The van der Waals surface area contributed by atoms with E-state index in [4.69, 9.17) is 5.11 Å². The second-order valence-electron chi connectivity index (χ2n) is 3.05. The monoisotopic (exact) mass is 220 g/mol. The molecule has 0 aliphatic heterocycles. The molecule has 0 aromatic heterocycles. The van der Waals surface area contributed by atoms with Crippen molar-refractivity contribution in [2.24, 2.45) is 0 Å². The average Bonchev–Trinajstić information content (AvgIpc) is 2.22. The molecule has 0 radical (unpaired) electrons. The fourth-order valence-corrected chi connectivity index (χ4v) is 2.04. The first-order chi connectivity index (χ1) is 7.24. The Hall–Kier alpha value is -1.48. The summed E-state index contributed by atoms with van der Waals surface area (Å²) in [6, 6.07) is 13.2. The lowest BCUT2D eigenvalue weighted by Gasteiger charge is -2.01. The van der Waals surface area contributed by atoms with Crippen LogP contribution in [0.1, 0.15) is 0 Å². The number of aromatic hydroxyl groups is 1. The molecule has 0 spiro atoms. The number of hydrogen-bond acceptors (Lipinski definition) is 2. The SMILES string of the molecule is Oc1ccc(Sc2cccc(F)c2)cc1. The van der Waals surface area contributed by atoms with Gasteiger partial charge in [-0.2, -0.15) is 0 Å². The topological polar surface area (TPSA) is 20.2 Å². The molecule has 0 unspecified atom stereocenters. The molecule has 0 saturated carbocycles. The molecule has 3 heteroatoms. The summed E-state index contributed by atoms with van der Waals surface area (Å²) in [5, 5.41) is 9.10. The molecule has 0 bridgehead atoms. The first-order valence-corrected chi connectivity index (χ1v) is 5.28. The van der Waals surface area contributed by atoms with E-state index in [0.29, 0.717) is 0 Å². The second-order valence-corrected chi connectivity index (χ2v) is 4.20. The Morgan fingerprint density at radius 1 is 0.933 bits per heavy atom. The zero-order valence-electron chi connectivity index (χ0n) is 7.85. The summed E-state index contributed by atoms with van der Waals surface area (Å²) in [6.07, 6.45) is 0. The molecule has 2 rings (SSSR count). The van der Waals surface area contributed by atoms with Gasteiger partial charge in [-0.25, -0.2) is 4.39 Å². The Kier molecular flexibility index (Phi) is 2.92. The van der Waals surface area contributed by atoms with E-state index in [1.54, 1.807) is 30.3 Å². The Balaban J connectivity index is 2.18. The molecule has 2 aromatic carbocycles. The molecule has 76 valence electrons. The molecule has 0 atom stereocenters. The minimum absolute atomic E-state index is 0.235. The molecule has 0 saturated heterocycles. The predicted molar refractivity (Wildman–Crippen MR) is 58.6 cm³/mol. The van der Waals surface area contributed by atoms with Gasteiger partial charge in [0.2, 0.25) is 0 Å². The fourth-order valence-electron chi connectivity index (χ4n) is 1.18. The van der Waals surface area contributed by atoms with Gasteiger partial charge in [0.25, 0.3) is 0 Å². The highest BCUT2D eigenvalue weighted by Gasteiger charge is 1.98. The van der Waals surface area contributed by atoms with Gasteiger partial charge in [0.1, 0.15) is 11.6 Å². The Bertz CT molecular complexity index is 453. The van der Waals surface area contributed by atoms with E-state index in [9.17, 15) is 4.39 Å². The molecule has 0 aliphatic rings. The average molecular weight is 220 g/mol. The lowest BCUT2D eigenvalue weighted by molar-refractivity contribution is 0.475. The van der Waals surface area contributed by atoms with Crippen LogP contribution in [0.15, 0.2) is 58.3 Å². The van der Waals surface area contributed by atoms with Crippen molar-refractivity contribution in [3.63, 3.8) is 0 Å². The number of phenols is 1. The van der Waals surface area contributed by atoms with Gasteiger partial charge >= 0.3 is 0 Å². The van der Waals surface area contributed by atoms with Gasteiger partial charge in [0, 0.05) is 9.79 Å². The minimum atomic E-state index is -0.237. The van der Waals surface area contributed by atoms with E-state index in [1.165, 1.54) is 23.9 Å². The third-order valence-corrected chi connectivity index (χ3v) is 2.87. The Morgan fingerprint density at radius 2 is 1.67 bits per heavy atom. The first-order valence-electron chi connectivity index (χ1n) is 4.46. The van der Waals surface area contributed by atoms with Gasteiger partial charge < -0.3 is 5.11 Å². The largest absolute Gasteiger partial charge is 0.508 e. The molecular formula is C12H9FOS. The standard InChI is InChI=1S/C12H9FOS/c13-9-2-1-3-12(8-9)15-11-6-4-10(14)5-7-11/h1-8,14H. The van der Waals surface area contributed by atoms with Crippen molar-refractivity contribution in [2.75, 3.05) is 0 Å². The number of halogens is 1. The van der Waals surface area contributed by atoms with Crippen molar-refractivity contribution in [3.8, 4) is 5.75 Å². The Morgan fingerprint density at radius 3 is 2.33 bits per heavy atom. The zero-order chi connectivity index (χ0) is 10.7. The summed E-state index contributed by atoms with van der Waals surface area (Å²) in [5.74, 6) is -0.00243. The van der Waals surface area contributed by atoms with E-state index in [0.717, 1.165) is 9.79 Å². The number of phenolic OH excluding ortho intramolecular Hbond substituents is 1. The lowest BCUT2D eigenvalue weighted by atomic mass is 10.3. The van der Waals surface area contributed by atoms with Crippen LogP contribution in [0.2, 0.25) is 0 Å². The van der Waals surface area contributed by atoms with Crippen molar-refractivity contribution in [1.82, 2.24) is 0 Å². The molecule has 0 amide bonds. The van der Waals surface area contributed by atoms with E-state index in [-0.39, 0.29) is 11.6 Å². The molecule has 15 heavy (non-hydrogen) atoms. The zero-order valence-corrected chi connectivity index (χ0v) is 8.67. The van der Waals surface area contributed by atoms with Crippen LogP contribution in [0.4, 0.5) is 4.39 Å². The highest BCUT2D eigenvalue weighted by molar-refractivity contribution is 7.99. The van der Waals surface area contributed by atoms with E-state index < -0.39 is 0 Å². The van der Waals surface area contributed by atoms with Crippen molar-refractivity contribution in [2.45, 2.75) is 9.79 Å². The smallest absolute Gasteiger partial charge is 0.124 e. The van der Waals surface area contributed by atoms with Crippen LogP contribution in [0.25, 0.3) is 0 Å². The van der Waals surface area contributed by atoms with Crippen LogP contribution in [-0.4, -0.2) is 5.11 Å². The van der Waals surface area contributed by atoms with Gasteiger partial charge in [-0.15, -0.1) is 0 Å². The molecule has 1 N–H and O–H groups in total. The van der Waals surface area contributed by atoms with Gasteiger partial charge in [-0.3, -0.25) is 0 Å². The lowest BCUT2D eigenvalue weighted by Crippen LogP contribution is -1.76. The van der Waals surface area contributed by atoms with Crippen LogP contribution in [-0.2, 0) is 0 Å². The maximum atomic E-state index is 12.9. The van der Waals surface area contributed by atoms with Crippen LogP contribution in [0.3, 0.4) is 0 Å². The number of hydrogen-bond donors (Lipinski definition) is 1. The van der Waals surface area contributed by atoms with Crippen LogP contribution in [0, 0.1) is 5.82 Å². The first kappa shape index (κ1) is 10.1. The molecule has 2 aromatic rings. The van der Waals surface area contributed by atoms with Gasteiger partial charge in [-0.1, -0.05) is 17.8 Å². The Labute approximate surface area is 91.6 Å². The van der Waals surface area contributed by atoms with Crippen molar-refractivity contribution >= 4 is 11.8 Å². The van der Waals surface area contributed by atoms with Crippen LogP contribution < -0.4 is 0 Å². The van der Waals surface area contributed by atoms with Gasteiger partial charge in [-0.05, 0) is 42.5 Å². The van der Waals surface area contributed by atoms with Gasteiger partial charge in [0.15, 0.2) is 0 Å². The van der Waals surface area contributed by atoms with E-state index in [1.807, 2.05) is 6.07 Å². The molecule has 0 aliphatic carbocycles. The van der Waals surface area contributed by atoms with Crippen molar-refractivity contribution in [1.29, 1.82) is 0 Å². The van der Waals surface area contributed by atoms with Crippen molar-refractivity contribution in [3.05, 3.63) is 54.3 Å². The highest BCUT2D eigenvalue weighted by atomic mass is 32.2. The third-order valence-electron chi connectivity index (χ3n) is 1.87. The van der Waals surface area contributed by atoms with E-state index >= 15 is 0 Å². The summed E-state index contributed by atoms with van der Waals surface area (Å²) in [4.78, 5) is 1.82. The second kappa shape index (κ2) is 4.36. The quantitative estimate of drug-likeness (QED) is 0.833. The van der Waals surface area contributed by atoms with Crippen molar-refractivity contribution < 1.29 is 9.50 Å². The predicted octanol–water partition coefficient (Wildman–Crippen LogP) is 3.68. The summed E-state index contributed by atoms with van der Waals surface area (Å²) in [5.41, 5.74) is 0. The normalized spacial score (nSPS) is 10.2. The summed E-state index contributed by atoms with van der Waals surface area (Å²) in [6.45, 7) is 0. The molecular weight excluding hydrogens is 211 g/mol. The third kappa shape index (κ3) is 2.73. The fraction of sp³-hybridized carbons (Fsp3) is 0. The molecule has 0 fully saturated rings. The number of rotatable bonds is 2. The molecule has 1 nitrogen and oxygen atoms in total. The molecule has 0 heterocycles. The summed E-state index contributed by atoms with van der Waals surface area (Å²) >= 11 is 1.46. The maximum Gasteiger partial charge on any atom is 0.124 e. The minimum Gasteiger partial charge on any atom is -0.508 e. The maximum absolute atomic E-state index is 12.9. The highest BCUT2D eigenvalue weighted by Crippen LogP contribution is 2.28. The number of benzene rings is 2. The van der Waals surface area contributed by atoms with E-state index in [2.05, 4.69) is 0 Å².